The summed E-state index contributed by atoms with van der Waals surface area (Å²) in [6, 6.07) is 11.6. The molecule has 0 bridgehead atoms. The monoisotopic (exact) mass is 204 g/mol. The predicted octanol–water partition coefficient (Wildman–Crippen LogP) is 3.39. The van der Waals surface area contributed by atoms with E-state index in [0.29, 0.717) is 11.4 Å². The highest BCUT2D eigenvalue weighted by atomic mass is 35.5. The number of hydrogen-bond donors (Lipinski definition) is 0. The second kappa shape index (κ2) is 3.81. The molecule has 0 amide bonds. The van der Waals surface area contributed by atoms with Gasteiger partial charge in [-0.05, 0) is 22.4 Å². The van der Waals surface area contributed by atoms with E-state index < -0.39 is 0 Å². The molecule has 0 radical (unpaired) electrons. The highest BCUT2D eigenvalue weighted by Crippen LogP contribution is 2.21. The molecule has 0 N–H and O–H groups in total. The van der Waals surface area contributed by atoms with Crippen molar-refractivity contribution >= 4 is 28.7 Å². The van der Waals surface area contributed by atoms with Crippen LogP contribution in [0.1, 0.15) is 15.9 Å². The first-order valence-corrected chi connectivity index (χ1v) is 4.91. The van der Waals surface area contributed by atoms with Crippen molar-refractivity contribution in [1.29, 1.82) is 0 Å². The van der Waals surface area contributed by atoms with Gasteiger partial charge < -0.3 is 0 Å². The fourth-order valence-electron chi connectivity index (χ4n) is 1.54. The van der Waals surface area contributed by atoms with Crippen molar-refractivity contribution in [3.63, 3.8) is 0 Å². The Kier molecular flexibility index (Phi) is 2.51. The molecular weight excluding hydrogens is 196 g/mol. The fourth-order valence-corrected chi connectivity index (χ4v) is 1.78. The summed E-state index contributed by atoms with van der Waals surface area (Å²) in [4.78, 5) is 10.6. The van der Waals surface area contributed by atoms with Crippen LogP contribution in [0.2, 0.25) is 0 Å². The Labute approximate surface area is 87.3 Å². The molecule has 1 nitrogen and oxygen atoms in total. The first kappa shape index (κ1) is 9.22. The lowest BCUT2D eigenvalue weighted by molar-refractivity contribution is 0.112. The lowest BCUT2D eigenvalue weighted by atomic mass is 10.0. The molecule has 0 saturated carbocycles. The van der Waals surface area contributed by atoms with E-state index in [-0.39, 0.29) is 0 Å². The van der Waals surface area contributed by atoms with Crippen molar-refractivity contribution < 1.29 is 4.79 Å². The number of benzene rings is 2. The molecule has 0 fully saturated rings. The van der Waals surface area contributed by atoms with E-state index in [2.05, 4.69) is 0 Å². The third-order valence-electron chi connectivity index (χ3n) is 2.28. The molecule has 2 rings (SSSR count). The molecule has 0 saturated heterocycles. The van der Waals surface area contributed by atoms with Crippen LogP contribution >= 0.6 is 11.6 Å². The molecule has 70 valence electrons. The summed E-state index contributed by atoms with van der Waals surface area (Å²) in [5.41, 5.74) is 1.75. The quantitative estimate of drug-likeness (QED) is 0.541. The van der Waals surface area contributed by atoms with Crippen molar-refractivity contribution in [3.8, 4) is 0 Å². The molecule has 2 aromatic carbocycles. The summed E-state index contributed by atoms with van der Waals surface area (Å²) < 4.78 is 0. The minimum atomic E-state index is 0.472. The molecule has 2 heteroatoms. The Morgan fingerprint density at radius 2 is 2.07 bits per heavy atom. The first-order chi connectivity index (χ1) is 6.85. The fraction of sp³-hybridized carbons (Fsp3) is 0.0833. The zero-order chi connectivity index (χ0) is 9.97. The maximum atomic E-state index is 10.6. The minimum absolute atomic E-state index is 0.472. The SMILES string of the molecule is O=Cc1ccc2cccc(CCl)c2c1. The van der Waals surface area contributed by atoms with Crippen molar-refractivity contribution in [2.75, 3.05) is 0 Å². The highest BCUT2D eigenvalue weighted by molar-refractivity contribution is 6.18. The molecule has 0 spiro atoms. The number of carbonyl (C=O) groups excluding carboxylic acids is 1. The van der Waals surface area contributed by atoms with E-state index in [0.717, 1.165) is 22.6 Å². The Morgan fingerprint density at radius 1 is 1.21 bits per heavy atom. The van der Waals surface area contributed by atoms with Crippen molar-refractivity contribution in [1.82, 2.24) is 0 Å². The smallest absolute Gasteiger partial charge is 0.150 e. The maximum absolute atomic E-state index is 10.6. The van der Waals surface area contributed by atoms with E-state index in [1.54, 1.807) is 0 Å². The van der Waals surface area contributed by atoms with E-state index in [1.807, 2.05) is 36.4 Å². The summed E-state index contributed by atoms with van der Waals surface area (Å²) in [7, 11) is 0. The molecule has 0 aromatic heterocycles. The molecule has 14 heavy (non-hydrogen) atoms. The lowest BCUT2D eigenvalue weighted by Gasteiger charge is -2.03. The highest BCUT2D eigenvalue weighted by Gasteiger charge is 2.00. The summed E-state index contributed by atoms with van der Waals surface area (Å²) in [6.45, 7) is 0. The molecule has 0 heterocycles. The Balaban J connectivity index is 2.76. The van der Waals surface area contributed by atoms with Crippen LogP contribution < -0.4 is 0 Å². The van der Waals surface area contributed by atoms with Gasteiger partial charge in [0.1, 0.15) is 6.29 Å². The number of aldehydes is 1. The Morgan fingerprint density at radius 3 is 2.79 bits per heavy atom. The molecule has 0 aliphatic carbocycles. The van der Waals surface area contributed by atoms with Gasteiger partial charge in [-0.3, -0.25) is 4.79 Å². The molecule has 0 aliphatic heterocycles. The standard InChI is InChI=1S/C12H9ClO/c13-7-11-3-1-2-10-5-4-9(8-14)6-12(10)11/h1-6,8H,7H2. The largest absolute Gasteiger partial charge is 0.298 e. The van der Waals surface area contributed by atoms with Crippen molar-refractivity contribution in [2.24, 2.45) is 0 Å². The number of carbonyl (C=O) groups is 1. The summed E-state index contributed by atoms with van der Waals surface area (Å²) in [6.07, 6.45) is 0.852. The summed E-state index contributed by atoms with van der Waals surface area (Å²) in [5, 5.41) is 2.18. The van der Waals surface area contributed by atoms with E-state index in [9.17, 15) is 4.79 Å². The zero-order valence-electron chi connectivity index (χ0n) is 7.53. The van der Waals surface area contributed by atoms with Crippen LogP contribution in [-0.2, 0) is 5.88 Å². The van der Waals surface area contributed by atoms with Crippen molar-refractivity contribution in [3.05, 3.63) is 47.5 Å². The number of hydrogen-bond acceptors (Lipinski definition) is 1. The molecule has 0 aliphatic rings. The van der Waals surface area contributed by atoms with Crippen LogP contribution in [0.15, 0.2) is 36.4 Å². The van der Waals surface area contributed by atoms with Crippen LogP contribution in [0.5, 0.6) is 0 Å². The molecule has 0 unspecified atom stereocenters. The minimum Gasteiger partial charge on any atom is -0.298 e. The zero-order valence-corrected chi connectivity index (χ0v) is 8.29. The maximum Gasteiger partial charge on any atom is 0.150 e. The van der Waals surface area contributed by atoms with Crippen molar-refractivity contribution in [2.45, 2.75) is 5.88 Å². The van der Waals surface area contributed by atoms with Gasteiger partial charge in [0.2, 0.25) is 0 Å². The molecular formula is C12H9ClO. The number of fused-ring (bicyclic) bond motifs is 1. The van der Waals surface area contributed by atoms with Gasteiger partial charge in [0.15, 0.2) is 0 Å². The summed E-state index contributed by atoms with van der Waals surface area (Å²) in [5.74, 6) is 0.472. The van der Waals surface area contributed by atoms with Gasteiger partial charge in [0.25, 0.3) is 0 Å². The lowest BCUT2D eigenvalue weighted by Crippen LogP contribution is -1.84. The van der Waals surface area contributed by atoms with Gasteiger partial charge in [-0.1, -0.05) is 30.3 Å². The molecule has 0 atom stereocenters. The third kappa shape index (κ3) is 1.51. The van der Waals surface area contributed by atoms with E-state index in [1.165, 1.54) is 0 Å². The summed E-state index contributed by atoms with van der Waals surface area (Å²) >= 11 is 5.81. The van der Waals surface area contributed by atoms with Gasteiger partial charge in [-0.25, -0.2) is 0 Å². The second-order valence-corrected chi connectivity index (χ2v) is 3.42. The van der Waals surface area contributed by atoms with Crippen LogP contribution in [0.25, 0.3) is 10.8 Å². The van der Waals surface area contributed by atoms with Gasteiger partial charge in [-0.2, -0.15) is 0 Å². The predicted molar refractivity (Wildman–Crippen MR) is 58.9 cm³/mol. The van der Waals surface area contributed by atoms with Gasteiger partial charge in [0.05, 0.1) is 0 Å². The van der Waals surface area contributed by atoms with Gasteiger partial charge in [0, 0.05) is 11.4 Å². The topological polar surface area (TPSA) is 17.1 Å². The van der Waals surface area contributed by atoms with Gasteiger partial charge in [-0.15, -0.1) is 11.6 Å². The number of rotatable bonds is 2. The Hall–Kier alpha value is -1.34. The van der Waals surface area contributed by atoms with Gasteiger partial charge >= 0.3 is 0 Å². The van der Waals surface area contributed by atoms with Crippen LogP contribution in [-0.4, -0.2) is 6.29 Å². The molecule has 2 aromatic rings. The van der Waals surface area contributed by atoms with Crippen LogP contribution in [0.3, 0.4) is 0 Å². The average molecular weight is 205 g/mol. The van der Waals surface area contributed by atoms with E-state index in [4.69, 9.17) is 11.6 Å². The normalized spacial score (nSPS) is 10.4. The third-order valence-corrected chi connectivity index (χ3v) is 2.56. The first-order valence-electron chi connectivity index (χ1n) is 4.38. The van der Waals surface area contributed by atoms with Crippen LogP contribution in [0, 0.1) is 0 Å². The Bertz CT molecular complexity index is 477. The number of halogens is 1. The van der Waals surface area contributed by atoms with Crippen LogP contribution in [0.4, 0.5) is 0 Å². The second-order valence-electron chi connectivity index (χ2n) is 3.15. The number of alkyl halides is 1. The average Bonchev–Trinajstić information content (AvgIpc) is 2.27. The van der Waals surface area contributed by atoms with E-state index >= 15 is 0 Å².